The van der Waals surface area contributed by atoms with Crippen LogP contribution in [0.3, 0.4) is 0 Å². The average Bonchev–Trinajstić information content (AvgIpc) is 2.54. The van der Waals surface area contributed by atoms with Crippen LogP contribution in [0.25, 0.3) is 0 Å². The molecule has 0 unspecified atom stereocenters. The first-order valence-corrected chi connectivity index (χ1v) is 5.20. The predicted octanol–water partition coefficient (Wildman–Crippen LogP) is 2.02. The van der Waals surface area contributed by atoms with E-state index in [2.05, 4.69) is 18.4 Å². The van der Waals surface area contributed by atoms with E-state index in [1.807, 2.05) is 0 Å². The molecule has 0 bridgehead atoms. The molecule has 0 amide bonds. The molecule has 2 rings (SSSR count). The Morgan fingerprint density at radius 1 is 1.31 bits per heavy atom. The van der Waals surface area contributed by atoms with E-state index in [9.17, 15) is 0 Å². The molecule has 2 heterocycles. The van der Waals surface area contributed by atoms with Gasteiger partial charge in [-0.1, -0.05) is 6.58 Å². The van der Waals surface area contributed by atoms with Gasteiger partial charge in [-0.15, -0.1) is 0 Å². The maximum Gasteiger partial charge on any atom is 0.0524 e. The van der Waals surface area contributed by atoms with Gasteiger partial charge in [-0.2, -0.15) is 0 Å². The molecule has 0 atom stereocenters. The second-order valence-electron chi connectivity index (χ2n) is 4.52. The zero-order chi connectivity index (χ0) is 9.31. The Kier molecular flexibility index (Phi) is 2.33. The molecular weight excluding hydrogens is 162 g/mol. The van der Waals surface area contributed by atoms with Crippen LogP contribution in [0.15, 0.2) is 12.3 Å². The van der Waals surface area contributed by atoms with Crippen LogP contribution >= 0.6 is 0 Å². The lowest BCUT2D eigenvalue weighted by molar-refractivity contribution is 0.0950. The van der Waals surface area contributed by atoms with Gasteiger partial charge in [0.15, 0.2) is 0 Å². The molecule has 2 nitrogen and oxygen atoms in total. The number of piperidine rings is 1. The predicted molar refractivity (Wildman–Crippen MR) is 53.5 cm³/mol. The Balaban J connectivity index is 1.91. The Hall–Kier alpha value is -0.500. The van der Waals surface area contributed by atoms with Crippen molar-refractivity contribution in [2.24, 2.45) is 5.41 Å². The van der Waals surface area contributed by atoms with Crippen LogP contribution in [-0.4, -0.2) is 31.2 Å². The average molecular weight is 181 g/mol. The highest BCUT2D eigenvalue weighted by Gasteiger charge is 2.37. The summed E-state index contributed by atoms with van der Waals surface area (Å²) in [6.07, 6.45) is 3.86. The van der Waals surface area contributed by atoms with Crippen molar-refractivity contribution >= 4 is 0 Å². The molecule has 2 saturated heterocycles. The Labute approximate surface area is 80.6 Å². The van der Waals surface area contributed by atoms with Gasteiger partial charge in [0.05, 0.1) is 6.61 Å². The van der Waals surface area contributed by atoms with Gasteiger partial charge >= 0.3 is 0 Å². The fraction of sp³-hybridized carbons (Fsp3) is 0.818. The Bertz CT molecular complexity index is 196. The van der Waals surface area contributed by atoms with Crippen molar-refractivity contribution in [3.8, 4) is 0 Å². The molecule has 0 radical (unpaired) electrons. The summed E-state index contributed by atoms with van der Waals surface area (Å²) in [5.74, 6) is 0. The molecule has 1 spiro atoms. The van der Waals surface area contributed by atoms with E-state index < -0.39 is 0 Å². The van der Waals surface area contributed by atoms with Gasteiger partial charge in [-0.25, -0.2) is 0 Å². The number of rotatable bonds is 1. The summed E-state index contributed by atoms with van der Waals surface area (Å²) in [7, 11) is 0. The van der Waals surface area contributed by atoms with Crippen LogP contribution in [-0.2, 0) is 4.74 Å². The largest absolute Gasteiger partial charge is 0.381 e. The van der Waals surface area contributed by atoms with Gasteiger partial charge in [0.25, 0.3) is 0 Å². The van der Waals surface area contributed by atoms with Gasteiger partial charge in [-0.05, 0) is 31.6 Å². The van der Waals surface area contributed by atoms with Crippen LogP contribution in [0.2, 0.25) is 0 Å². The van der Waals surface area contributed by atoms with Gasteiger partial charge in [-0.3, -0.25) is 0 Å². The third-order valence-electron chi connectivity index (χ3n) is 3.55. The van der Waals surface area contributed by atoms with Crippen LogP contribution in [0, 0.1) is 5.41 Å². The maximum atomic E-state index is 5.49. The number of hydrogen-bond acceptors (Lipinski definition) is 2. The summed E-state index contributed by atoms with van der Waals surface area (Å²) >= 11 is 0. The zero-order valence-corrected chi connectivity index (χ0v) is 8.51. The maximum absolute atomic E-state index is 5.49. The number of nitrogens with zero attached hydrogens (tertiary/aromatic N) is 1. The molecule has 2 heteroatoms. The second-order valence-corrected chi connectivity index (χ2v) is 4.52. The minimum atomic E-state index is 0.534. The third kappa shape index (κ3) is 1.73. The summed E-state index contributed by atoms with van der Waals surface area (Å²) in [5.41, 5.74) is 1.75. The summed E-state index contributed by atoms with van der Waals surface area (Å²) < 4.78 is 5.49. The second kappa shape index (κ2) is 3.33. The number of likely N-dealkylation sites (tertiary alicyclic amines) is 1. The monoisotopic (exact) mass is 181 g/mol. The van der Waals surface area contributed by atoms with Gasteiger partial charge < -0.3 is 9.64 Å². The van der Waals surface area contributed by atoms with Crippen LogP contribution in [0.5, 0.6) is 0 Å². The summed E-state index contributed by atoms with van der Waals surface area (Å²) in [6, 6.07) is 0. The molecule has 0 aromatic rings. The van der Waals surface area contributed by atoms with E-state index in [4.69, 9.17) is 4.74 Å². The lowest BCUT2D eigenvalue weighted by Gasteiger charge is -2.39. The SMILES string of the molecule is C=C(C)N1CCC2(CCOC2)CC1. The first-order chi connectivity index (χ1) is 6.22. The van der Waals surface area contributed by atoms with Crippen molar-refractivity contribution in [3.63, 3.8) is 0 Å². The Morgan fingerprint density at radius 2 is 2.00 bits per heavy atom. The van der Waals surface area contributed by atoms with E-state index >= 15 is 0 Å². The van der Waals surface area contributed by atoms with Crippen LogP contribution < -0.4 is 0 Å². The molecule has 0 N–H and O–H groups in total. The minimum absolute atomic E-state index is 0.534. The fourth-order valence-corrected chi connectivity index (χ4v) is 2.41. The number of hydrogen-bond donors (Lipinski definition) is 0. The molecule has 0 saturated carbocycles. The van der Waals surface area contributed by atoms with Crippen molar-refractivity contribution < 1.29 is 4.74 Å². The minimum Gasteiger partial charge on any atom is -0.381 e. The molecule has 2 aliphatic heterocycles. The van der Waals surface area contributed by atoms with Crippen LogP contribution in [0.1, 0.15) is 26.2 Å². The van der Waals surface area contributed by atoms with Crippen molar-refractivity contribution in [1.82, 2.24) is 4.90 Å². The first-order valence-electron chi connectivity index (χ1n) is 5.20. The van der Waals surface area contributed by atoms with E-state index in [0.29, 0.717) is 5.41 Å². The van der Waals surface area contributed by atoms with Crippen molar-refractivity contribution in [1.29, 1.82) is 0 Å². The normalized spacial score (nSPS) is 26.7. The molecule has 2 fully saturated rings. The molecule has 13 heavy (non-hydrogen) atoms. The van der Waals surface area contributed by atoms with Crippen molar-refractivity contribution in [2.75, 3.05) is 26.3 Å². The van der Waals surface area contributed by atoms with Gasteiger partial charge in [0.1, 0.15) is 0 Å². The lowest BCUT2D eigenvalue weighted by atomic mass is 9.78. The summed E-state index contributed by atoms with van der Waals surface area (Å²) in [5, 5.41) is 0. The molecule has 74 valence electrons. The topological polar surface area (TPSA) is 12.5 Å². The number of ether oxygens (including phenoxy) is 1. The lowest BCUT2D eigenvalue weighted by Crippen LogP contribution is -2.39. The third-order valence-corrected chi connectivity index (χ3v) is 3.55. The van der Waals surface area contributed by atoms with E-state index in [0.717, 1.165) is 13.2 Å². The highest BCUT2D eigenvalue weighted by atomic mass is 16.5. The summed E-state index contributed by atoms with van der Waals surface area (Å²) in [6.45, 7) is 10.4. The highest BCUT2D eigenvalue weighted by molar-refractivity contribution is 4.96. The number of allylic oxidation sites excluding steroid dienone is 1. The van der Waals surface area contributed by atoms with Gasteiger partial charge in [0.2, 0.25) is 0 Å². The first kappa shape index (κ1) is 9.07. The van der Waals surface area contributed by atoms with E-state index in [1.165, 1.54) is 38.0 Å². The standard InChI is InChI=1S/C11H19NO/c1-10(2)12-6-3-11(4-7-12)5-8-13-9-11/h1,3-9H2,2H3. The molecule has 0 aromatic heterocycles. The van der Waals surface area contributed by atoms with E-state index in [1.54, 1.807) is 0 Å². The molecular formula is C11H19NO. The molecule has 0 aliphatic carbocycles. The van der Waals surface area contributed by atoms with E-state index in [-0.39, 0.29) is 0 Å². The fourth-order valence-electron chi connectivity index (χ4n) is 2.41. The smallest absolute Gasteiger partial charge is 0.0524 e. The van der Waals surface area contributed by atoms with Gasteiger partial charge in [0, 0.05) is 25.4 Å². The van der Waals surface area contributed by atoms with Crippen molar-refractivity contribution in [3.05, 3.63) is 12.3 Å². The highest BCUT2D eigenvalue weighted by Crippen LogP contribution is 2.39. The molecule has 2 aliphatic rings. The van der Waals surface area contributed by atoms with Crippen LogP contribution in [0.4, 0.5) is 0 Å². The Morgan fingerprint density at radius 3 is 2.46 bits per heavy atom. The zero-order valence-electron chi connectivity index (χ0n) is 8.51. The quantitative estimate of drug-likeness (QED) is 0.613. The van der Waals surface area contributed by atoms with Crippen molar-refractivity contribution in [2.45, 2.75) is 26.2 Å². The summed E-state index contributed by atoms with van der Waals surface area (Å²) in [4.78, 5) is 2.39. The molecule has 0 aromatic carbocycles.